The van der Waals surface area contributed by atoms with E-state index in [1.807, 2.05) is 13.0 Å². The van der Waals surface area contributed by atoms with Crippen molar-refractivity contribution in [2.24, 2.45) is 4.99 Å². The van der Waals surface area contributed by atoms with Crippen molar-refractivity contribution in [2.45, 2.75) is 13.8 Å². The summed E-state index contributed by atoms with van der Waals surface area (Å²) < 4.78 is 4.91. The molecule has 0 aromatic carbocycles. The van der Waals surface area contributed by atoms with Gasteiger partial charge in [0.2, 0.25) is 0 Å². The second-order valence-electron chi connectivity index (χ2n) is 1.33. The van der Waals surface area contributed by atoms with E-state index in [-0.39, 0.29) is 0 Å². The van der Waals surface area contributed by atoms with Gasteiger partial charge < -0.3 is 4.74 Å². The van der Waals surface area contributed by atoms with Crippen molar-refractivity contribution in [3.05, 3.63) is 12.3 Å². The molecule has 0 N–H and O–H groups in total. The third-order valence-electron chi connectivity index (χ3n) is 0.690. The molecular formula is C6H11NO. The zero-order valence-electron chi connectivity index (χ0n) is 5.51. The van der Waals surface area contributed by atoms with Gasteiger partial charge in [-0.2, -0.15) is 0 Å². The van der Waals surface area contributed by atoms with Crippen LogP contribution in [0.3, 0.4) is 0 Å². The predicted molar refractivity (Wildman–Crippen MR) is 34.9 cm³/mol. The lowest BCUT2D eigenvalue weighted by atomic mass is 10.7. The molecule has 8 heavy (non-hydrogen) atoms. The van der Waals surface area contributed by atoms with E-state index in [2.05, 4.69) is 4.99 Å². The molecule has 0 bridgehead atoms. The number of allylic oxidation sites excluding steroid dienone is 1. The Balaban J connectivity index is 3.40. The fourth-order valence-electron chi connectivity index (χ4n) is 0.219. The Labute approximate surface area is 49.9 Å². The quantitative estimate of drug-likeness (QED) is 0.287. The van der Waals surface area contributed by atoms with Crippen LogP contribution in [0.15, 0.2) is 17.3 Å². The van der Waals surface area contributed by atoms with Crippen LogP contribution in [0.4, 0.5) is 0 Å². The van der Waals surface area contributed by atoms with Gasteiger partial charge in [-0.05, 0) is 6.92 Å². The normalized spacial score (nSPS) is 12.6. The van der Waals surface area contributed by atoms with Crippen LogP contribution in [0.5, 0.6) is 0 Å². The highest BCUT2D eigenvalue weighted by Gasteiger charge is 1.78. The molecule has 0 aromatic heterocycles. The molecule has 0 spiro atoms. The Bertz CT molecular complexity index is 105. The average Bonchev–Trinajstić information content (AvgIpc) is 1.83. The molecule has 0 saturated heterocycles. The molecule has 0 aromatic rings. The Morgan fingerprint density at radius 2 is 2.25 bits per heavy atom. The molecule has 0 aliphatic heterocycles. The van der Waals surface area contributed by atoms with Crippen molar-refractivity contribution in [3.8, 4) is 0 Å². The van der Waals surface area contributed by atoms with Gasteiger partial charge >= 0.3 is 0 Å². The highest BCUT2D eigenvalue weighted by Crippen LogP contribution is 1.80. The largest absolute Gasteiger partial charge is 0.452 e. The first-order chi connectivity index (χ1) is 3.81. The minimum atomic E-state index is 0.683. The first-order valence-electron chi connectivity index (χ1n) is 2.52. The molecule has 0 atom stereocenters. The van der Waals surface area contributed by atoms with Gasteiger partial charge in [0.25, 0.3) is 0 Å². The molecular weight excluding hydrogens is 102 g/mol. The molecule has 0 heterocycles. The molecule has 0 aliphatic carbocycles. The fourth-order valence-corrected chi connectivity index (χ4v) is 0.219. The lowest BCUT2D eigenvalue weighted by Crippen LogP contribution is -1.90. The first kappa shape index (κ1) is 7.21. The summed E-state index contributed by atoms with van der Waals surface area (Å²) in [7, 11) is 1.69. The first-order valence-corrected chi connectivity index (χ1v) is 2.52. The van der Waals surface area contributed by atoms with Gasteiger partial charge in [-0.15, -0.1) is 0 Å². The minimum absolute atomic E-state index is 0.683. The molecule has 2 heteroatoms. The molecule has 0 unspecified atom stereocenters. The summed E-state index contributed by atoms with van der Waals surface area (Å²) in [6.45, 7) is 3.70. The Morgan fingerprint density at radius 1 is 1.62 bits per heavy atom. The van der Waals surface area contributed by atoms with Crippen LogP contribution in [-0.4, -0.2) is 12.9 Å². The summed E-state index contributed by atoms with van der Waals surface area (Å²) in [6, 6.07) is 0. The zero-order chi connectivity index (χ0) is 6.41. The number of nitrogens with zero attached hydrogens (tertiary/aromatic N) is 1. The van der Waals surface area contributed by atoms with E-state index in [1.165, 1.54) is 0 Å². The molecule has 2 nitrogen and oxygen atoms in total. The Kier molecular flexibility index (Phi) is 3.94. The monoisotopic (exact) mass is 113 g/mol. The van der Waals surface area contributed by atoms with Gasteiger partial charge in [0.15, 0.2) is 5.90 Å². The molecule has 0 saturated carbocycles. The maximum atomic E-state index is 4.91. The Hall–Kier alpha value is -0.790. The van der Waals surface area contributed by atoms with Gasteiger partial charge in [0.1, 0.15) is 0 Å². The average molecular weight is 113 g/mol. The maximum Gasteiger partial charge on any atom is 0.185 e. The van der Waals surface area contributed by atoms with E-state index in [1.54, 1.807) is 20.2 Å². The lowest BCUT2D eigenvalue weighted by Gasteiger charge is -1.92. The minimum Gasteiger partial charge on any atom is -0.452 e. The molecule has 0 fully saturated rings. The van der Waals surface area contributed by atoms with Gasteiger partial charge in [0.05, 0.1) is 6.26 Å². The van der Waals surface area contributed by atoms with Crippen LogP contribution in [-0.2, 0) is 4.74 Å². The molecule has 0 radical (unpaired) electrons. The smallest absolute Gasteiger partial charge is 0.185 e. The van der Waals surface area contributed by atoms with E-state index < -0.39 is 0 Å². The van der Waals surface area contributed by atoms with E-state index in [0.717, 1.165) is 0 Å². The van der Waals surface area contributed by atoms with E-state index in [4.69, 9.17) is 4.74 Å². The number of hydrogen-bond acceptors (Lipinski definition) is 2. The second kappa shape index (κ2) is 4.37. The summed E-state index contributed by atoms with van der Waals surface area (Å²) in [5.41, 5.74) is 0. The highest BCUT2D eigenvalue weighted by atomic mass is 16.5. The van der Waals surface area contributed by atoms with Gasteiger partial charge in [0, 0.05) is 14.0 Å². The summed E-state index contributed by atoms with van der Waals surface area (Å²) in [5, 5.41) is 0. The van der Waals surface area contributed by atoms with Crippen LogP contribution < -0.4 is 0 Å². The van der Waals surface area contributed by atoms with Crippen molar-refractivity contribution < 1.29 is 4.74 Å². The van der Waals surface area contributed by atoms with Crippen LogP contribution in [0.2, 0.25) is 0 Å². The Morgan fingerprint density at radius 3 is 2.62 bits per heavy atom. The van der Waals surface area contributed by atoms with Crippen LogP contribution in [0.25, 0.3) is 0 Å². The second-order valence-corrected chi connectivity index (χ2v) is 1.33. The fraction of sp³-hybridized carbons (Fsp3) is 0.500. The van der Waals surface area contributed by atoms with Crippen LogP contribution in [0.1, 0.15) is 13.8 Å². The number of aliphatic imine (C=N–C) groups is 1. The van der Waals surface area contributed by atoms with Crippen molar-refractivity contribution in [2.75, 3.05) is 7.05 Å². The molecule has 46 valence electrons. The van der Waals surface area contributed by atoms with Gasteiger partial charge in [-0.1, -0.05) is 6.08 Å². The molecule has 0 amide bonds. The molecule has 0 rings (SSSR count). The lowest BCUT2D eigenvalue weighted by molar-refractivity contribution is 0.466. The summed E-state index contributed by atoms with van der Waals surface area (Å²) >= 11 is 0. The standard InChI is InChI=1S/C6H11NO/c1-4-5-8-6(2)7-3/h4-5H,1-3H3/b5-4-,7-6?. The number of ether oxygens (including phenoxy) is 1. The van der Waals surface area contributed by atoms with Gasteiger partial charge in [-0.25, -0.2) is 0 Å². The predicted octanol–water partition coefficient (Wildman–Crippen LogP) is 1.58. The van der Waals surface area contributed by atoms with Gasteiger partial charge in [-0.3, -0.25) is 4.99 Å². The van der Waals surface area contributed by atoms with E-state index >= 15 is 0 Å². The van der Waals surface area contributed by atoms with Crippen molar-refractivity contribution >= 4 is 5.90 Å². The third kappa shape index (κ3) is 3.40. The summed E-state index contributed by atoms with van der Waals surface area (Å²) in [6.07, 6.45) is 3.41. The van der Waals surface area contributed by atoms with E-state index in [0.29, 0.717) is 5.90 Å². The molecule has 0 aliphatic rings. The topological polar surface area (TPSA) is 21.6 Å². The van der Waals surface area contributed by atoms with Crippen molar-refractivity contribution in [3.63, 3.8) is 0 Å². The SMILES string of the molecule is C/C=C\OC(C)=NC. The highest BCUT2D eigenvalue weighted by molar-refractivity contribution is 5.73. The maximum absolute atomic E-state index is 4.91. The van der Waals surface area contributed by atoms with Crippen LogP contribution in [0, 0.1) is 0 Å². The summed E-state index contributed by atoms with van der Waals surface area (Å²) in [4.78, 5) is 3.77. The zero-order valence-corrected chi connectivity index (χ0v) is 5.51. The van der Waals surface area contributed by atoms with Crippen molar-refractivity contribution in [1.29, 1.82) is 0 Å². The van der Waals surface area contributed by atoms with Crippen molar-refractivity contribution in [1.82, 2.24) is 0 Å². The number of rotatable bonds is 1. The van der Waals surface area contributed by atoms with Crippen LogP contribution >= 0.6 is 0 Å². The third-order valence-corrected chi connectivity index (χ3v) is 0.690. The van der Waals surface area contributed by atoms with E-state index in [9.17, 15) is 0 Å². The number of hydrogen-bond donors (Lipinski definition) is 0. The summed E-state index contributed by atoms with van der Waals surface area (Å²) in [5.74, 6) is 0.683.